The standard InChI is InChI=1S/C19H17ClN4O2S3/c1-4-13-10(2)28-17-15(13)18(25)24(11-5-7-12(26-3)8-6-11)19(21-17)27-9-14-16(20)29-23-22-14/h5-8H,4,9H2,1-3H3. The minimum Gasteiger partial charge on any atom is -0.497 e. The average molecular weight is 465 g/mol. The van der Waals surface area contributed by atoms with Crippen molar-refractivity contribution in [2.75, 3.05) is 7.11 Å². The maximum absolute atomic E-state index is 13.6. The molecular formula is C19H17ClN4O2S3. The van der Waals surface area contributed by atoms with Crippen LogP contribution in [0.4, 0.5) is 0 Å². The summed E-state index contributed by atoms with van der Waals surface area (Å²) in [5, 5.41) is 5.35. The van der Waals surface area contributed by atoms with E-state index in [1.165, 1.54) is 11.8 Å². The quantitative estimate of drug-likeness (QED) is 0.291. The van der Waals surface area contributed by atoms with E-state index < -0.39 is 0 Å². The van der Waals surface area contributed by atoms with E-state index in [0.29, 0.717) is 26.3 Å². The number of rotatable bonds is 6. The number of methoxy groups -OCH3 is 1. The number of thiophene rings is 1. The van der Waals surface area contributed by atoms with Gasteiger partial charge in [-0.05, 0) is 43.2 Å². The Balaban J connectivity index is 1.89. The molecule has 6 nitrogen and oxygen atoms in total. The summed E-state index contributed by atoms with van der Waals surface area (Å²) < 4.78 is 11.3. The predicted octanol–water partition coefficient (Wildman–Crippen LogP) is 5.12. The van der Waals surface area contributed by atoms with Crippen molar-refractivity contribution in [2.24, 2.45) is 0 Å². The van der Waals surface area contributed by atoms with Crippen molar-refractivity contribution in [3.63, 3.8) is 0 Å². The van der Waals surface area contributed by atoms with Crippen LogP contribution in [0.3, 0.4) is 0 Å². The fourth-order valence-electron chi connectivity index (χ4n) is 3.10. The van der Waals surface area contributed by atoms with Gasteiger partial charge < -0.3 is 4.74 Å². The number of ether oxygens (including phenoxy) is 1. The van der Waals surface area contributed by atoms with E-state index in [-0.39, 0.29) is 5.56 Å². The summed E-state index contributed by atoms with van der Waals surface area (Å²) >= 11 is 10.3. The number of nitrogens with zero attached hydrogens (tertiary/aromatic N) is 4. The van der Waals surface area contributed by atoms with Gasteiger partial charge in [0.05, 0.1) is 18.2 Å². The van der Waals surface area contributed by atoms with Gasteiger partial charge in [-0.15, -0.1) is 16.4 Å². The second-order valence-electron chi connectivity index (χ2n) is 6.19. The number of fused-ring (bicyclic) bond motifs is 1. The highest BCUT2D eigenvalue weighted by Gasteiger charge is 2.20. The van der Waals surface area contributed by atoms with Gasteiger partial charge in [0.2, 0.25) is 0 Å². The van der Waals surface area contributed by atoms with Crippen LogP contribution in [0.1, 0.15) is 23.1 Å². The molecular weight excluding hydrogens is 448 g/mol. The first-order valence-electron chi connectivity index (χ1n) is 8.82. The van der Waals surface area contributed by atoms with Crippen molar-refractivity contribution in [3.8, 4) is 11.4 Å². The van der Waals surface area contributed by atoms with Gasteiger partial charge in [0.25, 0.3) is 5.56 Å². The molecule has 10 heteroatoms. The molecule has 0 atom stereocenters. The number of benzene rings is 1. The summed E-state index contributed by atoms with van der Waals surface area (Å²) in [6.45, 7) is 4.10. The summed E-state index contributed by atoms with van der Waals surface area (Å²) in [6, 6.07) is 7.39. The molecule has 1 aromatic carbocycles. The third kappa shape index (κ3) is 3.79. The van der Waals surface area contributed by atoms with E-state index in [0.717, 1.165) is 44.7 Å². The van der Waals surface area contributed by atoms with Gasteiger partial charge in [0, 0.05) is 22.2 Å². The number of hydrogen-bond acceptors (Lipinski definition) is 8. The van der Waals surface area contributed by atoms with Crippen LogP contribution in [0.5, 0.6) is 5.75 Å². The average Bonchev–Trinajstić information content (AvgIpc) is 3.28. The van der Waals surface area contributed by atoms with Crippen LogP contribution in [0.25, 0.3) is 15.9 Å². The maximum atomic E-state index is 13.6. The molecule has 3 aromatic heterocycles. The van der Waals surface area contributed by atoms with Gasteiger partial charge >= 0.3 is 0 Å². The Labute approximate surface area is 184 Å². The molecule has 29 heavy (non-hydrogen) atoms. The lowest BCUT2D eigenvalue weighted by molar-refractivity contribution is 0.414. The van der Waals surface area contributed by atoms with Crippen LogP contribution >= 0.6 is 46.2 Å². The van der Waals surface area contributed by atoms with Crippen molar-refractivity contribution in [1.29, 1.82) is 0 Å². The van der Waals surface area contributed by atoms with Crippen LogP contribution in [-0.2, 0) is 12.2 Å². The van der Waals surface area contributed by atoms with Crippen molar-refractivity contribution in [1.82, 2.24) is 19.1 Å². The lowest BCUT2D eigenvalue weighted by Gasteiger charge is -2.12. The summed E-state index contributed by atoms with van der Waals surface area (Å²) in [7, 11) is 1.61. The molecule has 0 saturated heterocycles. The molecule has 0 aliphatic heterocycles. The van der Waals surface area contributed by atoms with Crippen LogP contribution < -0.4 is 10.3 Å². The van der Waals surface area contributed by atoms with Crippen molar-refractivity contribution in [3.05, 3.63) is 55.1 Å². The third-order valence-corrected chi connectivity index (χ3v) is 7.50. The molecule has 0 saturated carbocycles. The zero-order valence-corrected chi connectivity index (χ0v) is 19.1. The van der Waals surface area contributed by atoms with Gasteiger partial charge in [-0.2, -0.15) is 0 Å². The molecule has 0 radical (unpaired) electrons. The number of aromatic nitrogens is 4. The minimum atomic E-state index is -0.0635. The van der Waals surface area contributed by atoms with E-state index in [9.17, 15) is 4.79 Å². The second-order valence-corrected chi connectivity index (χ2v) is 9.69. The number of hydrogen-bond donors (Lipinski definition) is 0. The molecule has 3 heterocycles. The van der Waals surface area contributed by atoms with Gasteiger partial charge in [0.1, 0.15) is 20.6 Å². The highest BCUT2D eigenvalue weighted by atomic mass is 35.5. The molecule has 0 fully saturated rings. The number of aryl methyl sites for hydroxylation is 2. The summed E-state index contributed by atoms with van der Waals surface area (Å²) in [4.78, 5) is 20.3. The summed E-state index contributed by atoms with van der Waals surface area (Å²) in [6.07, 6.45) is 0.790. The highest BCUT2D eigenvalue weighted by molar-refractivity contribution is 7.98. The Bertz CT molecular complexity index is 1230. The first-order valence-corrected chi connectivity index (χ1v) is 11.8. The van der Waals surface area contributed by atoms with Crippen LogP contribution in [0, 0.1) is 6.92 Å². The molecule has 0 bridgehead atoms. The Morgan fingerprint density at radius 1 is 1.28 bits per heavy atom. The van der Waals surface area contributed by atoms with E-state index >= 15 is 0 Å². The van der Waals surface area contributed by atoms with Crippen LogP contribution in [0.15, 0.2) is 34.2 Å². The topological polar surface area (TPSA) is 69.9 Å². The smallest absolute Gasteiger partial charge is 0.267 e. The third-order valence-electron chi connectivity index (χ3n) is 4.53. The van der Waals surface area contributed by atoms with Crippen LogP contribution in [-0.4, -0.2) is 26.2 Å². The number of thioether (sulfide) groups is 1. The van der Waals surface area contributed by atoms with E-state index in [1.807, 2.05) is 31.2 Å². The summed E-state index contributed by atoms with van der Waals surface area (Å²) in [5.41, 5.74) is 2.43. The molecule has 0 N–H and O–H groups in total. The molecule has 150 valence electrons. The molecule has 4 rings (SSSR count). The Morgan fingerprint density at radius 3 is 2.66 bits per heavy atom. The Hall–Kier alpha value is -1.94. The largest absolute Gasteiger partial charge is 0.497 e. The SMILES string of the molecule is CCc1c(C)sc2nc(SCc3nnsc3Cl)n(-c3ccc(OC)cc3)c(=O)c12. The monoisotopic (exact) mass is 464 g/mol. The first-order chi connectivity index (χ1) is 14.0. The lowest BCUT2D eigenvalue weighted by atomic mass is 10.1. The predicted molar refractivity (Wildman–Crippen MR) is 120 cm³/mol. The van der Waals surface area contributed by atoms with E-state index in [2.05, 4.69) is 16.5 Å². The summed E-state index contributed by atoms with van der Waals surface area (Å²) in [5.74, 6) is 1.21. The maximum Gasteiger partial charge on any atom is 0.267 e. The van der Waals surface area contributed by atoms with Gasteiger partial charge in [0.15, 0.2) is 5.16 Å². The highest BCUT2D eigenvalue weighted by Crippen LogP contribution is 2.32. The molecule has 0 unspecified atom stereocenters. The molecule has 4 aromatic rings. The fourth-order valence-corrected chi connectivity index (χ4v) is 6.00. The van der Waals surface area contributed by atoms with Gasteiger partial charge in [-0.25, -0.2) is 4.98 Å². The Kier molecular flexibility index (Phi) is 5.91. The molecule has 0 spiro atoms. The van der Waals surface area contributed by atoms with Crippen LogP contribution in [0.2, 0.25) is 4.34 Å². The van der Waals surface area contributed by atoms with Gasteiger partial charge in [-0.1, -0.05) is 34.8 Å². The normalized spacial score (nSPS) is 11.3. The Morgan fingerprint density at radius 2 is 2.03 bits per heavy atom. The first kappa shape index (κ1) is 20.3. The van der Waals surface area contributed by atoms with Crippen molar-refractivity contribution < 1.29 is 4.74 Å². The number of halogens is 1. The zero-order valence-electron chi connectivity index (χ0n) is 15.9. The second kappa shape index (κ2) is 8.43. The van der Waals surface area contributed by atoms with Crippen molar-refractivity contribution >= 4 is 56.4 Å². The van der Waals surface area contributed by atoms with Crippen molar-refractivity contribution in [2.45, 2.75) is 31.2 Å². The molecule has 0 aliphatic carbocycles. The lowest BCUT2D eigenvalue weighted by Crippen LogP contribution is -2.22. The van der Waals surface area contributed by atoms with E-state index in [1.54, 1.807) is 23.0 Å². The molecule has 0 aliphatic rings. The van der Waals surface area contributed by atoms with E-state index in [4.69, 9.17) is 21.3 Å². The molecule has 0 amide bonds. The zero-order chi connectivity index (χ0) is 20.5. The fraction of sp³-hybridized carbons (Fsp3) is 0.263. The van der Waals surface area contributed by atoms with Gasteiger partial charge in [-0.3, -0.25) is 9.36 Å². The minimum absolute atomic E-state index is 0.0635.